The average Bonchev–Trinajstić information content (AvgIpc) is 2.27. The summed E-state index contributed by atoms with van der Waals surface area (Å²) < 4.78 is 13.0. The minimum absolute atomic E-state index is 0.274. The minimum Gasteiger partial charge on any atom is -0.307 e. The van der Waals surface area contributed by atoms with Crippen LogP contribution in [-0.2, 0) is 0 Å². The zero-order valence-corrected chi connectivity index (χ0v) is 10.2. The van der Waals surface area contributed by atoms with Crippen molar-refractivity contribution in [3.63, 3.8) is 0 Å². The van der Waals surface area contributed by atoms with E-state index in [0.29, 0.717) is 5.82 Å². The third-order valence-corrected chi connectivity index (χ3v) is 2.43. The number of aryl methyl sites for hydroxylation is 2. The number of hydrogen-bond acceptors (Lipinski definition) is 2. The van der Waals surface area contributed by atoms with Gasteiger partial charge in [0.25, 0.3) is 5.91 Å². The van der Waals surface area contributed by atoms with Crippen molar-refractivity contribution in [3.8, 4) is 0 Å². The number of rotatable bonds is 2. The standard InChI is InChI=1S/C14H13FN2O/c1-9-6-10(2)16-13(7-9)17-14(18)11-4-3-5-12(15)8-11/h3-8H,1-2H3,(H,16,17,18). The van der Waals surface area contributed by atoms with Crippen molar-refractivity contribution in [2.45, 2.75) is 13.8 Å². The summed E-state index contributed by atoms with van der Waals surface area (Å²) in [4.78, 5) is 16.1. The monoisotopic (exact) mass is 244 g/mol. The Morgan fingerprint density at radius 2 is 2.00 bits per heavy atom. The van der Waals surface area contributed by atoms with Gasteiger partial charge in [-0.05, 0) is 49.7 Å². The van der Waals surface area contributed by atoms with Crippen molar-refractivity contribution in [3.05, 3.63) is 59.0 Å². The van der Waals surface area contributed by atoms with Crippen LogP contribution in [0.4, 0.5) is 10.2 Å². The Morgan fingerprint density at radius 3 is 2.67 bits per heavy atom. The number of amides is 1. The Morgan fingerprint density at radius 1 is 1.22 bits per heavy atom. The lowest BCUT2D eigenvalue weighted by Gasteiger charge is -2.06. The summed E-state index contributed by atoms with van der Waals surface area (Å²) in [6.07, 6.45) is 0. The number of nitrogens with one attached hydrogen (secondary N) is 1. The lowest BCUT2D eigenvalue weighted by molar-refractivity contribution is 0.102. The van der Waals surface area contributed by atoms with Gasteiger partial charge in [-0.1, -0.05) is 6.07 Å². The molecule has 0 aliphatic heterocycles. The number of pyridine rings is 1. The molecule has 0 bridgehead atoms. The van der Waals surface area contributed by atoms with E-state index in [1.807, 2.05) is 19.9 Å². The van der Waals surface area contributed by atoms with E-state index in [0.717, 1.165) is 11.3 Å². The van der Waals surface area contributed by atoms with Crippen molar-refractivity contribution >= 4 is 11.7 Å². The van der Waals surface area contributed by atoms with Gasteiger partial charge >= 0.3 is 0 Å². The molecule has 0 unspecified atom stereocenters. The summed E-state index contributed by atoms with van der Waals surface area (Å²) in [7, 11) is 0. The van der Waals surface area contributed by atoms with Crippen LogP contribution in [0.15, 0.2) is 36.4 Å². The van der Waals surface area contributed by atoms with E-state index in [9.17, 15) is 9.18 Å². The molecular weight excluding hydrogens is 231 g/mol. The lowest BCUT2D eigenvalue weighted by Crippen LogP contribution is -2.13. The van der Waals surface area contributed by atoms with Gasteiger partial charge in [-0.2, -0.15) is 0 Å². The van der Waals surface area contributed by atoms with Gasteiger partial charge in [0.15, 0.2) is 0 Å². The summed E-state index contributed by atoms with van der Waals surface area (Å²) in [6, 6.07) is 9.23. The summed E-state index contributed by atoms with van der Waals surface area (Å²) >= 11 is 0. The highest BCUT2D eigenvalue weighted by Crippen LogP contribution is 2.11. The number of carbonyl (C=O) groups is 1. The molecule has 0 spiro atoms. The van der Waals surface area contributed by atoms with E-state index in [-0.39, 0.29) is 11.5 Å². The van der Waals surface area contributed by atoms with Gasteiger partial charge in [0.2, 0.25) is 0 Å². The van der Waals surface area contributed by atoms with Crippen LogP contribution < -0.4 is 5.32 Å². The Bertz CT molecular complexity index is 576. The van der Waals surface area contributed by atoms with Crippen LogP contribution in [-0.4, -0.2) is 10.9 Å². The molecule has 1 amide bonds. The Kier molecular flexibility index (Phi) is 3.37. The third-order valence-electron chi connectivity index (χ3n) is 2.43. The van der Waals surface area contributed by atoms with Crippen LogP contribution in [0.1, 0.15) is 21.6 Å². The van der Waals surface area contributed by atoms with Crippen molar-refractivity contribution < 1.29 is 9.18 Å². The second-order valence-electron chi connectivity index (χ2n) is 4.14. The highest BCUT2D eigenvalue weighted by atomic mass is 19.1. The van der Waals surface area contributed by atoms with Gasteiger partial charge < -0.3 is 5.32 Å². The minimum atomic E-state index is -0.434. The number of hydrogen-bond donors (Lipinski definition) is 1. The molecule has 2 aromatic rings. The first kappa shape index (κ1) is 12.2. The average molecular weight is 244 g/mol. The summed E-state index contributed by atoms with van der Waals surface area (Å²) in [5, 5.41) is 2.65. The van der Waals surface area contributed by atoms with E-state index in [2.05, 4.69) is 10.3 Å². The van der Waals surface area contributed by atoms with Gasteiger partial charge in [-0.25, -0.2) is 9.37 Å². The predicted molar refractivity (Wildman–Crippen MR) is 68.1 cm³/mol. The number of nitrogens with zero attached hydrogens (tertiary/aromatic N) is 1. The van der Waals surface area contributed by atoms with Crippen molar-refractivity contribution in [1.29, 1.82) is 0 Å². The maximum absolute atomic E-state index is 13.0. The first-order chi connectivity index (χ1) is 8.54. The van der Waals surface area contributed by atoms with Gasteiger partial charge in [0.1, 0.15) is 11.6 Å². The molecule has 0 radical (unpaired) electrons. The van der Waals surface area contributed by atoms with E-state index < -0.39 is 5.82 Å². The number of carbonyl (C=O) groups excluding carboxylic acids is 1. The molecule has 0 aliphatic rings. The van der Waals surface area contributed by atoms with E-state index in [4.69, 9.17) is 0 Å². The molecule has 0 aliphatic carbocycles. The number of anilines is 1. The molecule has 4 heteroatoms. The quantitative estimate of drug-likeness (QED) is 0.882. The fourth-order valence-corrected chi connectivity index (χ4v) is 1.72. The first-order valence-electron chi connectivity index (χ1n) is 5.57. The predicted octanol–water partition coefficient (Wildman–Crippen LogP) is 3.09. The molecule has 0 atom stereocenters. The molecule has 1 aromatic carbocycles. The zero-order valence-electron chi connectivity index (χ0n) is 10.2. The zero-order chi connectivity index (χ0) is 13.1. The fraction of sp³-hybridized carbons (Fsp3) is 0.143. The number of benzene rings is 1. The third kappa shape index (κ3) is 2.91. The van der Waals surface area contributed by atoms with E-state index >= 15 is 0 Å². The summed E-state index contributed by atoms with van der Waals surface area (Å²) in [5.74, 6) is -0.329. The van der Waals surface area contributed by atoms with Crippen molar-refractivity contribution in [1.82, 2.24) is 4.98 Å². The molecule has 0 fully saturated rings. The molecule has 3 nitrogen and oxygen atoms in total. The summed E-state index contributed by atoms with van der Waals surface area (Å²) in [5.41, 5.74) is 2.11. The molecule has 1 heterocycles. The topological polar surface area (TPSA) is 42.0 Å². The van der Waals surface area contributed by atoms with Crippen LogP contribution in [0.25, 0.3) is 0 Å². The van der Waals surface area contributed by atoms with Crippen LogP contribution in [0, 0.1) is 19.7 Å². The molecule has 0 saturated carbocycles. The molecule has 1 aromatic heterocycles. The fourth-order valence-electron chi connectivity index (χ4n) is 1.72. The highest BCUT2D eigenvalue weighted by Gasteiger charge is 2.08. The van der Waals surface area contributed by atoms with Gasteiger partial charge in [0.05, 0.1) is 0 Å². The normalized spacial score (nSPS) is 10.2. The van der Waals surface area contributed by atoms with Crippen molar-refractivity contribution in [2.24, 2.45) is 0 Å². The molecule has 18 heavy (non-hydrogen) atoms. The van der Waals surface area contributed by atoms with Crippen LogP contribution in [0.5, 0.6) is 0 Å². The second-order valence-corrected chi connectivity index (χ2v) is 4.14. The largest absolute Gasteiger partial charge is 0.307 e. The molecule has 2 rings (SSSR count). The molecule has 92 valence electrons. The first-order valence-corrected chi connectivity index (χ1v) is 5.57. The molecular formula is C14H13FN2O. The summed E-state index contributed by atoms with van der Waals surface area (Å²) in [6.45, 7) is 3.78. The van der Waals surface area contributed by atoms with Gasteiger partial charge in [-0.3, -0.25) is 4.79 Å². The van der Waals surface area contributed by atoms with Crippen LogP contribution >= 0.6 is 0 Å². The highest BCUT2D eigenvalue weighted by molar-refractivity contribution is 6.03. The Balaban J connectivity index is 2.21. The maximum atomic E-state index is 13.0. The van der Waals surface area contributed by atoms with Gasteiger partial charge in [-0.15, -0.1) is 0 Å². The molecule has 1 N–H and O–H groups in total. The smallest absolute Gasteiger partial charge is 0.256 e. The van der Waals surface area contributed by atoms with Crippen molar-refractivity contribution in [2.75, 3.05) is 5.32 Å². The maximum Gasteiger partial charge on any atom is 0.256 e. The SMILES string of the molecule is Cc1cc(C)nc(NC(=O)c2cccc(F)c2)c1. The van der Waals surface area contributed by atoms with Crippen LogP contribution in [0.2, 0.25) is 0 Å². The van der Waals surface area contributed by atoms with Crippen LogP contribution in [0.3, 0.4) is 0 Å². The number of halogens is 1. The van der Waals surface area contributed by atoms with E-state index in [1.54, 1.807) is 12.1 Å². The molecule has 0 saturated heterocycles. The second kappa shape index (κ2) is 4.96. The lowest BCUT2D eigenvalue weighted by atomic mass is 10.2. The Labute approximate surface area is 105 Å². The van der Waals surface area contributed by atoms with Gasteiger partial charge in [0, 0.05) is 11.3 Å². The Hall–Kier alpha value is -2.23. The number of aromatic nitrogens is 1. The van der Waals surface area contributed by atoms with E-state index in [1.165, 1.54) is 18.2 Å².